The second kappa shape index (κ2) is 4.76. The van der Waals surface area contributed by atoms with Crippen molar-refractivity contribution in [2.24, 2.45) is 0 Å². The Bertz CT molecular complexity index is 365. The molecule has 16 heavy (non-hydrogen) atoms. The minimum atomic E-state index is 0.00191. The lowest BCUT2D eigenvalue weighted by Crippen LogP contribution is -2.40. The van der Waals surface area contributed by atoms with Gasteiger partial charge in [-0.05, 0) is 44.9 Å². The third kappa shape index (κ3) is 3.22. The molecule has 1 aromatic rings. The van der Waals surface area contributed by atoms with E-state index in [0.717, 1.165) is 23.9 Å². The van der Waals surface area contributed by atoms with E-state index in [9.17, 15) is 0 Å². The van der Waals surface area contributed by atoms with E-state index in [4.69, 9.17) is 4.74 Å². The van der Waals surface area contributed by atoms with Crippen molar-refractivity contribution in [1.29, 1.82) is 0 Å². The van der Waals surface area contributed by atoms with E-state index >= 15 is 0 Å². The zero-order valence-corrected chi connectivity index (χ0v) is 11.4. The molecule has 0 saturated carbocycles. The first-order valence-electron chi connectivity index (χ1n) is 5.71. The second-order valence-electron chi connectivity index (χ2n) is 4.95. The van der Waals surface area contributed by atoms with Gasteiger partial charge in [-0.1, -0.05) is 22.0 Å². The molecule has 0 aromatic heterocycles. The predicted octanol–water partition coefficient (Wildman–Crippen LogP) is 3.82. The number of anilines is 1. The molecular weight excluding hydrogens is 266 g/mol. The van der Waals surface area contributed by atoms with Crippen LogP contribution in [0.2, 0.25) is 0 Å². The summed E-state index contributed by atoms with van der Waals surface area (Å²) < 4.78 is 6.82. The molecule has 1 aliphatic heterocycles. The summed E-state index contributed by atoms with van der Waals surface area (Å²) in [5.41, 5.74) is 1.18. The number of hydrogen-bond acceptors (Lipinski definition) is 2. The number of nitrogens with one attached hydrogen (secondary N) is 1. The Kier molecular flexibility index (Phi) is 3.55. The third-order valence-corrected chi connectivity index (χ3v) is 3.39. The average Bonchev–Trinajstić information content (AvgIpc) is 2.15. The summed E-state index contributed by atoms with van der Waals surface area (Å²) in [4.78, 5) is 0. The molecule has 0 aliphatic carbocycles. The van der Waals surface area contributed by atoms with Crippen molar-refractivity contribution < 1.29 is 4.74 Å². The van der Waals surface area contributed by atoms with Gasteiger partial charge in [0, 0.05) is 22.8 Å². The summed E-state index contributed by atoms with van der Waals surface area (Å²) in [5, 5.41) is 3.57. The van der Waals surface area contributed by atoms with Crippen molar-refractivity contribution in [3.8, 4) is 0 Å². The van der Waals surface area contributed by atoms with Crippen LogP contribution >= 0.6 is 15.9 Å². The van der Waals surface area contributed by atoms with E-state index in [2.05, 4.69) is 53.3 Å². The molecule has 1 saturated heterocycles. The summed E-state index contributed by atoms with van der Waals surface area (Å²) >= 11 is 3.48. The highest BCUT2D eigenvalue weighted by Crippen LogP contribution is 2.27. The van der Waals surface area contributed by atoms with Gasteiger partial charge in [-0.25, -0.2) is 0 Å². The second-order valence-corrected chi connectivity index (χ2v) is 5.87. The van der Waals surface area contributed by atoms with Crippen molar-refractivity contribution in [3.05, 3.63) is 28.7 Å². The Morgan fingerprint density at radius 1 is 1.44 bits per heavy atom. The van der Waals surface area contributed by atoms with E-state index in [1.807, 2.05) is 6.07 Å². The number of ether oxygens (including phenoxy) is 1. The predicted molar refractivity (Wildman–Crippen MR) is 70.8 cm³/mol. The monoisotopic (exact) mass is 283 g/mol. The van der Waals surface area contributed by atoms with Crippen molar-refractivity contribution in [3.63, 3.8) is 0 Å². The summed E-state index contributed by atoms with van der Waals surface area (Å²) in [6.45, 7) is 5.15. The smallest absolute Gasteiger partial charge is 0.0646 e. The standard InChI is InChI=1S/C13H18BrNO/c1-13(2)9-12(6-7-16-13)15-11-5-3-4-10(14)8-11/h3-5,8,12,15H,6-7,9H2,1-2H3. The number of halogens is 1. The lowest BCUT2D eigenvalue weighted by atomic mass is 9.94. The Morgan fingerprint density at radius 3 is 2.94 bits per heavy atom. The highest BCUT2D eigenvalue weighted by molar-refractivity contribution is 9.10. The van der Waals surface area contributed by atoms with Crippen LogP contribution in [0, 0.1) is 0 Å². The molecule has 1 heterocycles. The highest BCUT2D eigenvalue weighted by atomic mass is 79.9. The normalized spacial score (nSPS) is 24.1. The molecule has 2 nitrogen and oxygen atoms in total. The average molecular weight is 284 g/mol. The van der Waals surface area contributed by atoms with Gasteiger partial charge in [0.25, 0.3) is 0 Å². The molecular formula is C13H18BrNO. The van der Waals surface area contributed by atoms with Crippen LogP contribution in [0.1, 0.15) is 26.7 Å². The largest absolute Gasteiger partial charge is 0.382 e. The quantitative estimate of drug-likeness (QED) is 0.891. The van der Waals surface area contributed by atoms with Gasteiger partial charge in [-0.15, -0.1) is 0 Å². The molecule has 1 aliphatic rings. The fraction of sp³-hybridized carbons (Fsp3) is 0.538. The van der Waals surface area contributed by atoms with E-state index in [1.165, 1.54) is 5.69 Å². The molecule has 1 aromatic carbocycles. The molecule has 0 spiro atoms. The van der Waals surface area contributed by atoms with Gasteiger partial charge in [0.15, 0.2) is 0 Å². The van der Waals surface area contributed by atoms with E-state index in [-0.39, 0.29) is 5.60 Å². The van der Waals surface area contributed by atoms with Crippen molar-refractivity contribution in [2.75, 3.05) is 11.9 Å². The van der Waals surface area contributed by atoms with Gasteiger partial charge in [0.2, 0.25) is 0 Å². The molecule has 1 fully saturated rings. The first-order chi connectivity index (χ1) is 7.55. The van der Waals surface area contributed by atoms with Crippen LogP contribution in [0.4, 0.5) is 5.69 Å². The first kappa shape index (κ1) is 11.9. The summed E-state index contributed by atoms with van der Waals surface area (Å²) in [6.07, 6.45) is 2.13. The molecule has 3 heteroatoms. The third-order valence-electron chi connectivity index (χ3n) is 2.89. The minimum Gasteiger partial charge on any atom is -0.382 e. The lowest BCUT2D eigenvalue weighted by Gasteiger charge is -2.36. The van der Waals surface area contributed by atoms with Crippen molar-refractivity contribution in [2.45, 2.75) is 38.3 Å². The topological polar surface area (TPSA) is 21.3 Å². The summed E-state index contributed by atoms with van der Waals surface area (Å²) in [5.74, 6) is 0. The van der Waals surface area contributed by atoms with Crippen LogP contribution in [-0.2, 0) is 4.74 Å². The fourth-order valence-electron chi connectivity index (χ4n) is 2.17. The maximum Gasteiger partial charge on any atom is 0.0646 e. The summed E-state index contributed by atoms with van der Waals surface area (Å²) in [6, 6.07) is 8.82. The fourth-order valence-corrected chi connectivity index (χ4v) is 2.57. The van der Waals surface area contributed by atoms with Gasteiger partial charge in [-0.2, -0.15) is 0 Å². The van der Waals surface area contributed by atoms with Crippen LogP contribution in [0.3, 0.4) is 0 Å². The van der Waals surface area contributed by atoms with Crippen LogP contribution in [0.25, 0.3) is 0 Å². The molecule has 1 unspecified atom stereocenters. The molecule has 0 amide bonds. The zero-order valence-electron chi connectivity index (χ0n) is 9.79. The minimum absolute atomic E-state index is 0.00191. The number of hydrogen-bond donors (Lipinski definition) is 1. The van der Waals surface area contributed by atoms with Crippen molar-refractivity contribution in [1.82, 2.24) is 0 Å². The van der Waals surface area contributed by atoms with Gasteiger partial charge in [-0.3, -0.25) is 0 Å². The zero-order chi connectivity index (χ0) is 11.6. The van der Waals surface area contributed by atoms with Gasteiger partial charge in [0.1, 0.15) is 0 Å². The first-order valence-corrected chi connectivity index (χ1v) is 6.50. The van der Waals surface area contributed by atoms with Crippen LogP contribution < -0.4 is 5.32 Å². The number of benzene rings is 1. The Labute approximate surface area is 106 Å². The highest BCUT2D eigenvalue weighted by Gasteiger charge is 2.28. The van der Waals surface area contributed by atoms with Crippen LogP contribution in [-0.4, -0.2) is 18.2 Å². The Balaban J connectivity index is 1.99. The maximum atomic E-state index is 5.71. The maximum absolute atomic E-state index is 5.71. The van der Waals surface area contributed by atoms with Gasteiger partial charge >= 0.3 is 0 Å². The molecule has 0 radical (unpaired) electrons. The SMILES string of the molecule is CC1(C)CC(Nc2cccc(Br)c2)CCO1. The lowest BCUT2D eigenvalue weighted by molar-refractivity contribution is -0.0553. The van der Waals surface area contributed by atoms with Gasteiger partial charge < -0.3 is 10.1 Å². The molecule has 1 atom stereocenters. The van der Waals surface area contributed by atoms with E-state index in [1.54, 1.807) is 0 Å². The Hall–Kier alpha value is -0.540. The summed E-state index contributed by atoms with van der Waals surface area (Å²) in [7, 11) is 0. The molecule has 2 rings (SSSR count). The Morgan fingerprint density at radius 2 is 2.25 bits per heavy atom. The van der Waals surface area contributed by atoms with E-state index in [0.29, 0.717) is 6.04 Å². The van der Waals surface area contributed by atoms with Gasteiger partial charge in [0.05, 0.1) is 5.60 Å². The van der Waals surface area contributed by atoms with Crippen LogP contribution in [0.5, 0.6) is 0 Å². The van der Waals surface area contributed by atoms with Crippen molar-refractivity contribution >= 4 is 21.6 Å². The van der Waals surface area contributed by atoms with E-state index < -0.39 is 0 Å². The molecule has 0 bridgehead atoms. The molecule has 1 N–H and O–H groups in total. The molecule has 88 valence electrons. The number of rotatable bonds is 2. The van der Waals surface area contributed by atoms with Crippen LogP contribution in [0.15, 0.2) is 28.7 Å².